The molecular formula is C13H16N2O3. The number of nitrogens with zero attached hydrogens (tertiary/aromatic N) is 1. The molecule has 0 spiro atoms. The van der Waals surface area contributed by atoms with Crippen molar-refractivity contribution in [3.63, 3.8) is 0 Å². The van der Waals surface area contributed by atoms with Crippen LogP contribution >= 0.6 is 0 Å². The lowest BCUT2D eigenvalue weighted by Gasteiger charge is -2.13. The number of carbonyl (C=O) groups is 1. The minimum atomic E-state index is -0.361. The van der Waals surface area contributed by atoms with Crippen molar-refractivity contribution in [3.8, 4) is 11.8 Å². The van der Waals surface area contributed by atoms with Crippen LogP contribution in [0.25, 0.3) is 0 Å². The highest BCUT2D eigenvalue weighted by Gasteiger charge is 2.17. The van der Waals surface area contributed by atoms with E-state index < -0.39 is 0 Å². The zero-order chi connectivity index (χ0) is 13.5. The molecule has 1 rings (SSSR count). The number of carbonyl (C=O) groups excluding carboxylic acids is 1. The lowest BCUT2D eigenvalue weighted by molar-refractivity contribution is -0.142. The molecule has 0 aliphatic carbocycles. The third kappa shape index (κ3) is 2.99. The molecule has 0 saturated heterocycles. The van der Waals surface area contributed by atoms with Crippen molar-refractivity contribution in [3.05, 3.63) is 28.8 Å². The number of nitriles is 1. The number of nitrogens with two attached hydrogens (primary N) is 1. The summed E-state index contributed by atoms with van der Waals surface area (Å²) >= 11 is 0. The second-order valence-electron chi connectivity index (χ2n) is 3.58. The Hall–Kier alpha value is -2.06. The number of benzene rings is 1. The molecule has 5 nitrogen and oxygen atoms in total. The Bertz CT molecular complexity index is 478. The first-order chi connectivity index (χ1) is 8.67. The molecule has 0 heterocycles. The fraction of sp³-hybridized carbons (Fsp3) is 0.385. The summed E-state index contributed by atoms with van der Waals surface area (Å²) in [4.78, 5) is 11.5. The van der Waals surface area contributed by atoms with E-state index in [4.69, 9.17) is 20.5 Å². The van der Waals surface area contributed by atoms with Gasteiger partial charge in [-0.15, -0.1) is 0 Å². The maximum absolute atomic E-state index is 11.5. The minimum Gasteiger partial charge on any atom is -0.495 e. The average Bonchev–Trinajstić information content (AvgIpc) is 2.38. The van der Waals surface area contributed by atoms with E-state index >= 15 is 0 Å². The van der Waals surface area contributed by atoms with Gasteiger partial charge in [0.15, 0.2) is 0 Å². The quantitative estimate of drug-likeness (QED) is 0.789. The Kier molecular flexibility index (Phi) is 5.15. The molecule has 0 fully saturated rings. The predicted molar refractivity (Wildman–Crippen MR) is 65.9 cm³/mol. The molecule has 0 aliphatic heterocycles. The first-order valence-corrected chi connectivity index (χ1v) is 5.62. The van der Waals surface area contributed by atoms with E-state index in [1.807, 2.05) is 6.07 Å². The smallest absolute Gasteiger partial charge is 0.310 e. The van der Waals surface area contributed by atoms with Gasteiger partial charge in [-0.2, -0.15) is 5.26 Å². The monoisotopic (exact) mass is 248 g/mol. The molecule has 0 amide bonds. The highest BCUT2D eigenvalue weighted by atomic mass is 16.5. The number of rotatable bonds is 5. The van der Waals surface area contributed by atoms with Crippen LogP contribution in [-0.4, -0.2) is 19.7 Å². The van der Waals surface area contributed by atoms with E-state index in [0.29, 0.717) is 23.5 Å². The van der Waals surface area contributed by atoms with E-state index in [2.05, 4.69) is 0 Å². The average molecular weight is 248 g/mol. The van der Waals surface area contributed by atoms with E-state index in [1.165, 1.54) is 7.11 Å². The van der Waals surface area contributed by atoms with Crippen LogP contribution in [0.2, 0.25) is 0 Å². The van der Waals surface area contributed by atoms with Crippen molar-refractivity contribution in [1.29, 1.82) is 5.26 Å². The summed E-state index contributed by atoms with van der Waals surface area (Å²) < 4.78 is 10.1. The largest absolute Gasteiger partial charge is 0.495 e. The third-order valence-corrected chi connectivity index (χ3v) is 2.53. The van der Waals surface area contributed by atoms with Crippen molar-refractivity contribution in [1.82, 2.24) is 0 Å². The first-order valence-electron chi connectivity index (χ1n) is 5.62. The van der Waals surface area contributed by atoms with Crippen LogP contribution in [0.3, 0.4) is 0 Å². The summed E-state index contributed by atoms with van der Waals surface area (Å²) in [5, 5.41) is 9.00. The van der Waals surface area contributed by atoms with Crippen molar-refractivity contribution in [2.24, 2.45) is 5.73 Å². The van der Waals surface area contributed by atoms with Gasteiger partial charge >= 0.3 is 5.97 Å². The standard InChI is InChI=1S/C13H16N2O3/c1-3-18-12(16)6-11-9(7-14)4-5-10(8-15)13(11)17-2/h4-5H,3,6-7,14H2,1-2H3. The molecular weight excluding hydrogens is 232 g/mol. The van der Waals surface area contributed by atoms with Gasteiger partial charge < -0.3 is 15.2 Å². The molecule has 0 unspecified atom stereocenters. The van der Waals surface area contributed by atoms with Crippen molar-refractivity contribution < 1.29 is 14.3 Å². The zero-order valence-electron chi connectivity index (χ0n) is 10.5. The summed E-state index contributed by atoms with van der Waals surface area (Å²) in [5.74, 6) is 0.0362. The van der Waals surface area contributed by atoms with Crippen molar-refractivity contribution in [2.45, 2.75) is 19.9 Å². The zero-order valence-corrected chi connectivity index (χ0v) is 10.5. The van der Waals surface area contributed by atoms with Crippen LogP contribution in [0.15, 0.2) is 12.1 Å². The van der Waals surface area contributed by atoms with E-state index in [0.717, 1.165) is 5.56 Å². The first kappa shape index (κ1) is 14.0. The summed E-state index contributed by atoms with van der Waals surface area (Å²) in [5.41, 5.74) is 7.41. The van der Waals surface area contributed by atoms with E-state index in [1.54, 1.807) is 19.1 Å². The molecule has 0 aromatic heterocycles. The number of hydrogen-bond acceptors (Lipinski definition) is 5. The number of ether oxygens (including phenoxy) is 2. The Morgan fingerprint density at radius 3 is 2.72 bits per heavy atom. The highest BCUT2D eigenvalue weighted by Crippen LogP contribution is 2.27. The van der Waals surface area contributed by atoms with Gasteiger partial charge in [-0.05, 0) is 18.6 Å². The summed E-state index contributed by atoms with van der Waals surface area (Å²) in [6.07, 6.45) is 0.0546. The van der Waals surface area contributed by atoms with Gasteiger partial charge in [-0.25, -0.2) is 0 Å². The van der Waals surface area contributed by atoms with E-state index in [9.17, 15) is 4.79 Å². The van der Waals surface area contributed by atoms with Gasteiger partial charge in [0.2, 0.25) is 0 Å². The molecule has 0 saturated carbocycles. The Labute approximate surface area is 106 Å². The fourth-order valence-electron chi connectivity index (χ4n) is 1.73. The second kappa shape index (κ2) is 6.62. The van der Waals surface area contributed by atoms with Crippen LogP contribution in [0.1, 0.15) is 23.6 Å². The molecule has 5 heteroatoms. The molecule has 0 radical (unpaired) electrons. The van der Waals surface area contributed by atoms with Gasteiger partial charge in [0.1, 0.15) is 11.8 Å². The van der Waals surface area contributed by atoms with Gasteiger partial charge in [-0.3, -0.25) is 4.79 Å². The maximum Gasteiger partial charge on any atom is 0.310 e. The van der Waals surface area contributed by atoms with Crippen LogP contribution in [-0.2, 0) is 22.5 Å². The van der Waals surface area contributed by atoms with Crippen LogP contribution in [0.5, 0.6) is 5.75 Å². The fourth-order valence-corrected chi connectivity index (χ4v) is 1.73. The van der Waals surface area contributed by atoms with Crippen LogP contribution in [0.4, 0.5) is 0 Å². The number of esters is 1. The highest BCUT2D eigenvalue weighted by molar-refractivity contribution is 5.75. The Morgan fingerprint density at radius 2 is 2.22 bits per heavy atom. The second-order valence-corrected chi connectivity index (χ2v) is 3.58. The molecule has 0 atom stereocenters. The van der Waals surface area contributed by atoms with Gasteiger partial charge in [0.05, 0.1) is 25.7 Å². The molecule has 1 aromatic carbocycles. The lowest BCUT2D eigenvalue weighted by Crippen LogP contribution is -2.13. The topological polar surface area (TPSA) is 85.3 Å². The van der Waals surface area contributed by atoms with Crippen molar-refractivity contribution in [2.75, 3.05) is 13.7 Å². The predicted octanol–water partition coefficient (Wildman–Crippen LogP) is 1.13. The van der Waals surface area contributed by atoms with Gasteiger partial charge in [-0.1, -0.05) is 6.07 Å². The Morgan fingerprint density at radius 1 is 1.50 bits per heavy atom. The van der Waals surface area contributed by atoms with Crippen LogP contribution in [0, 0.1) is 11.3 Å². The molecule has 96 valence electrons. The number of hydrogen-bond donors (Lipinski definition) is 1. The molecule has 0 aliphatic rings. The molecule has 18 heavy (non-hydrogen) atoms. The maximum atomic E-state index is 11.5. The van der Waals surface area contributed by atoms with Gasteiger partial charge in [0.25, 0.3) is 0 Å². The summed E-state index contributed by atoms with van der Waals surface area (Å²) in [6, 6.07) is 5.39. The summed E-state index contributed by atoms with van der Waals surface area (Å²) in [7, 11) is 1.46. The summed E-state index contributed by atoms with van der Waals surface area (Å²) in [6.45, 7) is 2.33. The number of methoxy groups -OCH3 is 1. The minimum absolute atomic E-state index is 0.0546. The molecule has 0 bridgehead atoms. The van der Waals surface area contributed by atoms with Gasteiger partial charge in [0, 0.05) is 12.1 Å². The van der Waals surface area contributed by atoms with Crippen LogP contribution < -0.4 is 10.5 Å². The van der Waals surface area contributed by atoms with E-state index in [-0.39, 0.29) is 18.9 Å². The van der Waals surface area contributed by atoms with Crippen molar-refractivity contribution >= 4 is 5.97 Å². The normalized spacial score (nSPS) is 9.67. The molecule has 1 aromatic rings. The molecule has 2 N–H and O–H groups in total. The third-order valence-electron chi connectivity index (χ3n) is 2.53. The SMILES string of the molecule is CCOC(=O)Cc1c(CN)ccc(C#N)c1OC. The Balaban J connectivity index is 3.20. The lowest BCUT2D eigenvalue weighted by atomic mass is 10.00.